The molecule has 70 valence electrons. The highest BCUT2D eigenvalue weighted by atomic mass is 32.1. The molecule has 0 atom stereocenters. The maximum atomic E-state index is 10.4. The summed E-state index contributed by atoms with van der Waals surface area (Å²) in [7, 11) is 0. The summed E-state index contributed by atoms with van der Waals surface area (Å²) in [5.74, 6) is 0. The van der Waals surface area contributed by atoms with E-state index in [1.807, 2.05) is 18.2 Å². The molecule has 3 nitrogen and oxygen atoms in total. The minimum absolute atomic E-state index is 0.663. The summed E-state index contributed by atoms with van der Waals surface area (Å²) in [4.78, 5) is 19.4. The van der Waals surface area contributed by atoms with Crippen LogP contribution in [0.25, 0.3) is 0 Å². The van der Waals surface area contributed by atoms with E-state index in [1.54, 1.807) is 12.4 Å². The molecular formula is C10H8N2OS. The third-order valence-corrected chi connectivity index (χ3v) is 2.67. The average Bonchev–Trinajstić information content (AvgIpc) is 2.67. The molecule has 0 amide bonds. The third-order valence-electron chi connectivity index (χ3n) is 1.75. The first-order valence-electron chi connectivity index (χ1n) is 4.18. The van der Waals surface area contributed by atoms with Gasteiger partial charge in [-0.1, -0.05) is 6.07 Å². The molecule has 0 aliphatic carbocycles. The van der Waals surface area contributed by atoms with E-state index in [-0.39, 0.29) is 0 Å². The largest absolute Gasteiger partial charge is 0.297 e. The van der Waals surface area contributed by atoms with Crippen LogP contribution in [-0.2, 0) is 6.42 Å². The van der Waals surface area contributed by atoms with Gasteiger partial charge in [-0.25, -0.2) is 4.98 Å². The standard InChI is InChI=1S/C10H8N2OS/c13-7-9-6-12-10(14-9)5-8-3-1-2-4-11-8/h1-4,6-7H,5H2. The van der Waals surface area contributed by atoms with E-state index in [9.17, 15) is 4.79 Å². The fourth-order valence-electron chi connectivity index (χ4n) is 1.12. The molecule has 2 heterocycles. The van der Waals surface area contributed by atoms with Crippen molar-refractivity contribution in [3.8, 4) is 0 Å². The van der Waals surface area contributed by atoms with Gasteiger partial charge in [0.25, 0.3) is 0 Å². The Hall–Kier alpha value is -1.55. The number of hydrogen-bond acceptors (Lipinski definition) is 4. The van der Waals surface area contributed by atoms with E-state index in [1.165, 1.54) is 11.3 Å². The number of thiazole rings is 1. The Bertz CT molecular complexity index is 425. The second-order valence-electron chi connectivity index (χ2n) is 2.77. The van der Waals surface area contributed by atoms with Crippen LogP contribution >= 0.6 is 11.3 Å². The highest BCUT2D eigenvalue weighted by Gasteiger charge is 2.02. The predicted octanol–water partition coefficient (Wildman–Crippen LogP) is 1.94. The highest BCUT2D eigenvalue weighted by Crippen LogP contribution is 2.13. The lowest BCUT2D eigenvalue weighted by Crippen LogP contribution is -1.89. The van der Waals surface area contributed by atoms with Crippen molar-refractivity contribution in [2.75, 3.05) is 0 Å². The Kier molecular flexibility index (Phi) is 2.65. The normalized spacial score (nSPS) is 10.0. The molecule has 2 aromatic heterocycles. The fourth-order valence-corrected chi connectivity index (χ4v) is 1.87. The quantitative estimate of drug-likeness (QED) is 0.717. The number of aromatic nitrogens is 2. The minimum atomic E-state index is 0.663. The molecular weight excluding hydrogens is 196 g/mol. The summed E-state index contributed by atoms with van der Waals surface area (Å²) in [5.41, 5.74) is 0.972. The summed E-state index contributed by atoms with van der Waals surface area (Å²) in [5, 5.41) is 0.922. The van der Waals surface area contributed by atoms with Gasteiger partial charge in [-0.3, -0.25) is 9.78 Å². The molecule has 0 aliphatic heterocycles. The van der Waals surface area contributed by atoms with Crippen molar-refractivity contribution >= 4 is 17.6 Å². The zero-order valence-electron chi connectivity index (χ0n) is 7.38. The molecule has 0 radical (unpaired) electrons. The Labute approximate surface area is 85.5 Å². The Morgan fingerprint density at radius 3 is 2.93 bits per heavy atom. The molecule has 4 heteroatoms. The molecule has 14 heavy (non-hydrogen) atoms. The molecule has 0 bridgehead atoms. The van der Waals surface area contributed by atoms with E-state index in [2.05, 4.69) is 9.97 Å². The molecule has 0 spiro atoms. The van der Waals surface area contributed by atoms with Gasteiger partial charge in [0.05, 0.1) is 9.88 Å². The van der Waals surface area contributed by atoms with Crippen molar-refractivity contribution in [2.24, 2.45) is 0 Å². The summed E-state index contributed by atoms with van der Waals surface area (Å²) in [6.45, 7) is 0. The molecule has 0 unspecified atom stereocenters. The van der Waals surface area contributed by atoms with Crippen LogP contribution in [0.4, 0.5) is 0 Å². The van der Waals surface area contributed by atoms with Gasteiger partial charge in [0, 0.05) is 24.5 Å². The van der Waals surface area contributed by atoms with E-state index < -0.39 is 0 Å². The zero-order chi connectivity index (χ0) is 9.80. The number of carbonyl (C=O) groups excluding carboxylic acids is 1. The van der Waals surface area contributed by atoms with Crippen LogP contribution in [0.1, 0.15) is 20.4 Å². The van der Waals surface area contributed by atoms with Crippen LogP contribution in [0, 0.1) is 0 Å². The predicted molar refractivity (Wildman–Crippen MR) is 54.5 cm³/mol. The summed E-state index contributed by atoms with van der Waals surface area (Å²) in [6.07, 6.45) is 4.86. The molecule has 0 N–H and O–H groups in total. The second kappa shape index (κ2) is 4.11. The third kappa shape index (κ3) is 2.03. The topological polar surface area (TPSA) is 42.9 Å². The van der Waals surface area contributed by atoms with Crippen LogP contribution < -0.4 is 0 Å². The minimum Gasteiger partial charge on any atom is -0.297 e. The van der Waals surface area contributed by atoms with Gasteiger partial charge in [0.1, 0.15) is 0 Å². The highest BCUT2D eigenvalue weighted by molar-refractivity contribution is 7.13. The number of rotatable bonds is 3. The van der Waals surface area contributed by atoms with Crippen molar-refractivity contribution in [2.45, 2.75) is 6.42 Å². The lowest BCUT2D eigenvalue weighted by atomic mass is 10.3. The number of aldehydes is 1. The van der Waals surface area contributed by atoms with Gasteiger partial charge < -0.3 is 0 Å². The lowest BCUT2D eigenvalue weighted by molar-refractivity contribution is 0.112. The van der Waals surface area contributed by atoms with Crippen molar-refractivity contribution in [3.05, 3.63) is 46.2 Å². The van der Waals surface area contributed by atoms with Crippen molar-refractivity contribution in [1.29, 1.82) is 0 Å². The number of pyridine rings is 1. The first-order valence-corrected chi connectivity index (χ1v) is 5.00. The van der Waals surface area contributed by atoms with Gasteiger partial charge in [-0.2, -0.15) is 0 Å². The van der Waals surface area contributed by atoms with Crippen molar-refractivity contribution < 1.29 is 4.79 Å². The van der Waals surface area contributed by atoms with Crippen LogP contribution in [0.15, 0.2) is 30.6 Å². The van der Waals surface area contributed by atoms with Gasteiger partial charge in [-0.05, 0) is 12.1 Å². The van der Waals surface area contributed by atoms with Crippen molar-refractivity contribution in [3.63, 3.8) is 0 Å². The first kappa shape index (κ1) is 9.02. The number of carbonyl (C=O) groups is 1. The molecule has 0 fully saturated rings. The van der Waals surface area contributed by atoms with Gasteiger partial charge in [0.2, 0.25) is 0 Å². The van der Waals surface area contributed by atoms with Crippen LogP contribution in [0.3, 0.4) is 0 Å². The fraction of sp³-hybridized carbons (Fsp3) is 0.100. The van der Waals surface area contributed by atoms with Crippen molar-refractivity contribution in [1.82, 2.24) is 9.97 Å². The van der Waals surface area contributed by atoms with E-state index >= 15 is 0 Å². The summed E-state index contributed by atoms with van der Waals surface area (Å²) >= 11 is 1.41. The number of hydrogen-bond donors (Lipinski definition) is 0. The van der Waals surface area contributed by atoms with Gasteiger partial charge in [0.15, 0.2) is 6.29 Å². The Morgan fingerprint density at radius 1 is 1.36 bits per heavy atom. The summed E-state index contributed by atoms with van der Waals surface area (Å²) in [6, 6.07) is 5.76. The van der Waals surface area contributed by atoms with Crippen LogP contribution in [0.2, 0.25) is 0 Å². The smallest absolute Gasteiger partial charge is 0.161 e. The molecule has 0 aromatic carbocycles. The monoisotopic (exact) mass is 204 g/mol. The average molecular weight is 204 g/mol. The molecule has 0 saturated heterocycles. The molecule has 2 rings (SSSR count). The van der Waals surface area contributed by atoms with Crippen LogP contribution in [-0.4, -0.2) is 16.3 Å². The van der Waals surface area contributed by atoms with E-state index in [4.69, 9.17) is 0 Å². The summed E-state index contributed by atoms with van der Waals surface area (Å²) < 4.78 is 0. The van der Waals surface area contributed by atoms with E-state index in [0.29, 0.717) is 11.3 Å². The zero-order valence-corrected chi connectivity index (χ0v) is 8.20. The first-order chi connectivity index (χ1) is 6.88. The van der Waals surface area contributed by atoms with E-state index in [0.717, 1.165) is 17.0 Å². The Morgan fingerprint density at radius 2 is 2.29 bits per heavy atom. The number of nitrogens with zero attached hydrogens (tertiary/aromatic N) is 2. The maximum Gasteiger partial charge on any atom is 0.161 e. The Balaban J connectivity index is 2.15. The molecule has 0 aliphatic rings. The molecule has 2 aromatic rings. The van der Waals surface area contributed by atoms with Crippen LogP contribution in [0.5, 0.6) is 0 Å². The molecule has 0 saturated carbocycles. The lowest BCUT2D eigenvalue weighted by Gasteiger charge is -1.94. The van der Waals surface area contributed by atoms with Gasteiger partial charge >= 0.3 is 0 Å². The SMILES string of the molecule is O=Cc1cnc(Cc2ccccn2)s1. The maximum absolute atomic E-state index is 10.4. The van der Waals surface area contributed by atoms with Gasteiger partial charge in [-0.15, -0.1) is 11.3 Å². The second-order valence-corrected chi connectivity index (χ2v) is 3.92.